The smallest absolute Gasteiger partial charge is 0.270 e. The van der Waals surface area contributed by atoms with Crippen LogP contribution in [0.25, 0.3) is 11.4 Å². The lowest BCUT2D eigenvalue weighted by atomic mass is 10.2. The molecule has 2 aromatic heterocycles. The monoisotopic (exact) mass is 410 g/mol. The molecule has 1 fully saturated rings. The predicted octanol–water partition coefficient (Wildman–Crippen LogP) is 3.76. The number of nitro benzene ring substituents is 1. The molecule has 0 bridgehead atoms. The van der Waals surface area contributed by atoms with E-state index in [0.29, 0.717) is 11.4 Å². The third-order valence-corrected chi connectivity index (χ3v) is 6.18. The van der Waals surface area contributed by atoms with Crippen molar-refractivity contribution in [2.75, 3.05) is 36.0 Å². The van der Waals surface area contributed by atoms with Gasteiger partial charge in [-0.15, -0.1) is 11.3 Å². The molecule has 0 unspecified atom stereocenters. The van der Waals surface area contributed by atoms with Crippen molar-refractivity contribution in [3.05, 3.63) is 56.7 Å². The van der Waals surface area contributed by atoms with Gasteiger partial charge in [-0.05, 0) is 20.8 Å². The highest BCUT2D eigenvalue weighted by Crippen LogP contribution is 2.28. The Morgan fingerprint density at radius 2 is 1.72 bits per heavy atom. The van der Waals surface area contributed by atoms with Gasteiger partial charge in [-0.2, -0.15) is 0 Å². The highest BCUT2D eigenvalue weighted by Gasteiger charge is 2.22. The van der Waals surface area contributed by atoms with Gasteiger partial charge >= 0.3 is 0 Å². The lowest BCUT2D eigenvalue weighted by molar-refractivity contribution is -0.384. The molecule has 0 N–H and O–H groups in total. The molecule has 0 spiro atoms. The van der Waals surface area contributed by atoms with E-state index in [1.807, 2.05) is 19.9 Å². The normalized spacial score (nSPS) is 14.3. The number of aryl methyl sites for hydroxylation is 3. The van der Waals surface area contributed by atoms with Gasteiger partial charge in [0.15, 0.2) is 11.0 Å². The molecule has 1 saturated heterocycles. The number of piperazine rings is 1. The topological polar surface area (TPSA) is 88.3 Å². The molecule has 29 heavy (non-hydrogen) atoms. The molecular formula is C20H22N6O2S. The van der Waals surface area contributed by atoms with E-state index in [2.05, 4.69) is 26.7 Å². The SMILES string of the molecule is Cc1cc(N2CCN(c3nc(C)c(C)s3)CC2)nc(-c2cccc([N+](=O)[O-])c2)n1. The van der Waals surface area contributed by atoms with Crippen LogP contribution >= 0.6 is 11.3 Å². The summed E-state index contributed by atoms with van der Waals surface area (Å²) >= 11 is 1.74. The largest absolute Gasteiger partial charge is 0.353 e. The van der Waals surface area contributed by atoms with Gasteiger partial charge in [0.05, 0.1) is 10.6 Å². The second-order valence-corrected chi connectivity index (χ2v) is 8.29. The third-order valence-electron chi connectivity index (χ3n) is 5.05. The number of hydrogen-bond donors (Lipinski definition) is 0. The first-order chi connectivity index (χ1) is 13.9. The Labute approximate surface area is 173 Å². The Morgan fingerprint density at radius 3 is 2.38 bits per heavy atom. The van der Waals surface area contributed by atoms with Crippen LogP contribution in [-0.4, -0.2) is 46.1 Å². The summed E-state index contributed by atoms with van der Waals surface area (Å²) in [5.74, 6) is 1.36. The van der Waals surface area contributed by atoms with Crippen LogP contribution in [0.5, 0.6) is 0 Å². The van der Waals surface area contributed by atoms with Crippen molar-refractivity contribution >= 4 is 28.0 Å². The van der Waals surface area contributed by atoms with Crippen molar-refractivity contribution in [3.8, 4) is 11.4 Å². The minimum Gasteiger partial charge on any atom is -0.353 e. The van der Waals surface area contributed by atoms with Crippen LogP contribution in [-0.2, 0) is 0 Å². The number of benzene rings is 1. The van der Waals surface area contributed by atoms with Crippen molar-refractivity contribution in [1.29, 1.82) is 0 Å². The average molecular weight is 411 g/mol. The van der Waals surface area contributed by atoms with E-state index < -0.39 is 4.92 Å². The van der Waals surface area contributed by atoms with Crippen molar-refractivity contribution in [1.82, 2.24) is 15.0 Å². The second kappa shape index (κ2) is 7.75. The van der Waals surface area contributed by atoms with Crippen LogP contribution in [0.1, 0.15) is 16.3 Å². The summed E-state index contributed by atoms with van der Waals surface area (Å²) in [6, 6.07) is 8.42. The first-order valence-electron chi connectivity index (χ1n) is 9.45. The van der Waals surface area contributed by atoms with E-state index in [0.717, 1.165) is 48.5 Å². The fraction of sp³-hybridized carbons (Fsp3) is 0.350. The van der Waals surface area contributed by atoms with Crippen LogP contribution in [0, 0.1) is 30.9 Å². The number of thiazole rings is 1. The molecule has 3 aromatic rings. The number of nitrogens with zero attached hydrogens (tertiary/aromatic N) is 6. The predicted molar refractivity (Wildman–Crippen MR) is 115 cm³/mol. The van der Waals surface area contributed by atoms with Crippen LogP contribution < -0.4 is 9.80 Å². The van der Waals surface area contributed by atoms with Gasteiger partial charge in [-0.1, -0.05) is 12.1 Å². The van der Waals surface area contributed by atoms with E-state index in [1.54, 1.807) is 23.5 Å². The summed E-state index contributed by atoms with van der Waals surface area (Å²) < 4.78 is 0. The fourth-order valence-electron chi connectivity index (χ4n) is 3.32. The maximum absolute atomic E-state index is 11.1. The van der Waals surface area contributed by atoms with Gasteiger partial charge in [0, 0.05) is 60.5 Å². The highest BCUT2D eigenvalue weighted by molar-refractivity contribution is 7.15. The van der Waals surface area contributed by atoms with Crippen LogP contribution in [0.3, 0.4) is 0 Å². The standard InChI is InChI=1S/C20H22N6O2S/c1-13-11-18(23-19(21-13)16-5-4-6-17(12-16)26(27)28)24-7-9-25(10-8-24)20-22-14(2)15(3)29-20/h4-6,11-12H,7-10H2,1-3H3. The van der Waals surface area contributed by atoms with Crippen LogP contribution in [0.4, 0.5) is 16.6 Å². The second-order valence-electron chi connectivity index (χ2n) is 7.11. The Kier molecular flexibility index (Phi) is 5.14. The molecule has 1 aromatic carbocycles. The summed E-state index contributed by atoms with van der Waals surface area (Å²) in [5, 5.41) is 12.2. The van der Waals surface area contributed by atoms with Crippen molar-refractivity contribution in [3.63, 3.8) is 0 Å². The van der Waals surface area contributed by atoms with E-state index >= 15 is 0 Å². The van der Waals surface area contributed by atoms with Gasteiger partial charge in [0.2, 0.25) is 0 Å². The fourth-order valence-corrected chi connectivity index (χ4v) is 4.28. The van der Waals surface area contributed by atoms with Crippen LogP contribution in [0.15, 0.2) is 30.3 Å². The summed E-state index contributed by atoms with van der Waals surface area (Å²) in [6.45, 7) is 9.49. The molecule has 0 atom stereocenters. The molecule has 0 radical (unpaired) electrons. The van der Waals surface area contributed by atoms with E-state index in [4.69, 9.17) is 4.98 Å². The summed E-state index contributed by atoms with van der Waals surface area (Å²) in [5.41, 5.74) is 2.62. The molecule has 8 nitrogen and oxygen atoms in total. The van der Waals surface area contributed by atoms with E-state index in [1.165, 1.54) is 17.0 Å². The lowest BCUT2D eigenvalue weighted by Crippen LogP contribution is -2.46. The molecular weight excluding hydrogens is 388 g/mol. The summed E-state index contributed by atoms with van der Waals surface area (Å²) in [4.78, 5) is 30.4. The zero-order chi connectivity index (χ0) is 20.5. The van der Waals surface area contributed by atoms with Gasteiger partial charge in [0.1, 0.15) is 5.82 Å². The number of rotatable bonds is 4. The van der Waals surface area contributed by atoms with E-state index in [9.17, 15) is 10.1 Å². The Bertz CT molecular complexity index is 1040. The number of nitro groups is 1. The number of non-ortho nitro benzene ring substituents is 1. The van der Waals surface area contributed by atoms with Gasteiger partial charge in [-0.3, -0.25) is 10.1 Å². The first-order valence-corrected chi connectivity index (χ1v) is 10.3. The molecule has 0 aliphatic carbocycles. The lowest BCUT2D eigenvalue weighted by Gasteiger charge is -2.35. The molecule has 9 heteroatoms. The Morgan fingerprint density at radius 1 is 1.00 bits per heavy atom. The van der Waals surface area contributed by atoms with Crippen molar-refractivity contribution in [2.24, 2.45) is 0 Å². The minimum atomic E-state index is -0.401. The first kappa shape index (κ1) is 19.3. The number of aromatic nitrogens is 3. The van der Waals surface area contributed by atoms with Crippen molar-refractivity contribution < 1.29 is 4.92 Å². The number of anilines is 2. The van der Waals surface area contributed by atoms with Gasteiger partial charge in [0.25, 0.3) is 5.69 Å². The quantitative estimate of drug-likeness (QED) is 0.478. The highest BCUT2D eigenvalue weighted by atomic mass is 32.1. The maximum atomic E-state index is 11.1. The molecule has 150 valence electrons. The number of hydrogen-bond acceptors (Lipinski definition) is 8. The summed E-state index contributed by atoms with van der Waals surface area (Å²) in [6.07, 6.45) is 0. The molecule has 0 saturated carbocycles. The van der Waals surface area contributed by atoms with Crippen molar-refractivity contribution in [2.45, 2.75) is 20.8 Å². The zero-order valence-electron chi connectivity index (χ0n) is 16.6. The zero-order valence-corrected chi connectivity index (χ0v) is 17.4. The molecule has 0 amide bonds. The van der Waals surface area contributed by atoms with E-state index in [-0.39, 0.29) is 5.69 Å². The third kappa shape index (κ3) is 4.04. The molecule has 1 aliphatic heterocycles. The minimum absolute atomic E-state index is 0.0387. The Balaban J connectivity index is 1.54. The maximum Gasteiger partial charge on any atom is 0.270 e. The molecule has 3 heterocycles. The Hall–Kier alpha value is -3.07. The molecule has 1 aliphatic rings. The average Bonchev–Trinajstić information content (AvgIpc) is 3.06. The van der Waals surface area contributed by atoms with Gasteiger partial charge < -0.3 is 9.80 Å². The van der Waals surface area contributed by atoms with Crippen LogP contribution in [0.2, 0.25) is 0 Å². The summed E-state index contributed by atoms with van der Waals surface area (Å²) in [7, 11) is 0. The molecule has 4 rings (SSSR count). The van der Waals surface area contributed by atoms with Gasteiger partial charge in [-0.25, -0.2) is 15.0 Å².